The zero-order valence-corrected chi connectivity index (χ0v) is 12.1. The molecule has 100 valence electrons. The Hall–Kier alpha value is -1.22. The fourth-order valence-corrected chi connectivity index (χ4v) is 1.83. The summed E-state index contributed by atoms with van der Waals surface area (Å²) < 4.78 is 0. The second-order valence-corrected chi connectivity index (χ2v) is 5.00. The standard InChI is InChI=1S/C14H21ClN2O/c1-5-9(2)10(3)17-13-8-11(14(18)16-4)6-7-12(13)15/h6-10,17H,5H2,1-4H3,(H,16,18). The number of anilines is 1. The number of hydrogen-bond acceptors (Lipinski definition) is 2. The van der Waals surface area contributed by atoms with Crippen molar-refractivity contribution in [1.29, 1.82) is 0 Å². The van der Waals surface area contributed by atoms with Crippen LogP contribution in [0.5, 0.6) is 0 Å². The maximum absolute atomic E-state index is 11.6. The monoisotopic (exact) mass is 268 g/mol. The highest BCUT2D eigenvalue weighted by Crippen LogP contribution is 2.25. The molecule has 2 atom stereocenters. The van der Waals surface area contributed by atoms with E-state index in [-0.39, 0.29) is 5.91 Å². The number of nitrogens with one attached hydrogen (secondary N) is 2. The molecule has 0 fully saturated rings. The molecule has 1 amide bonds. The largest absolute Gasteiger partial charge is 0.381 e. The Bertz CT molecular complexity index is 420. The van der Waals surface area contributed by atoms with Crippen LogP contribution in [0.15, 0.2) is 18.2 Å². The fourth-order valence-electron chi connectivity index (χ4n) is 1.66. The lowest BCUT2D eigenvalue weighted by atomic mass is 10.0. The maximum atomic E-state index is 11.6. The topological polar surface area (TPSA) is 41.1 Å². The van der Waals surface area contributed by atoms with Gasteiger partial charge in [0.15, 0.2) is 0 Å². The van der Waals surface area contributed by atoms with Gasteiger partial charge in [0, 0.05) is 18.7 Å². The molecule has 0 saturated heterocycles. The molecule has 1 aromatic carbocycles. The van der Waals surface area contributed by atoms with Gasteiger partial charge in [-0.25, -0.2) is 0 Å². The highest BCUT2D eigenvalue weighted by molar-refractivity contribution is 6.33. The summed E-state index contributed by atoms with van der Waals surface area (Å²) in [6, 6.07) is 5.57. The van der Waals surface area contributed by atoms with E-state index < -0.39 is 0 Å². The molecule has 0 radical (unpaired) electrons. The lowest BCUT2D eigenvalue weighted by Crippen LogP contribution is -2.24. The van der Waals surface area contributed by atoms with Crippen LogP contribution in [-0.2, 0) is 0 Å². The number of carbonyl (C=O) groups excluding carboxylic acids is 1. The van der Waals surface area contributed by atoms with Gasteiger partial charge >= 0.3 is 0 Å². The minimum atomic E-state index is -0.106. The van der Waals surface area contributed by atoms with Crippen LogP contribution < -0.4 is 10.6 Å². The van der Waals surface area contributed by atoms with Gasteiger partial charge in [0.2, 0.25) is 0 Å². The Kier molecular flexibility index (Phi) is 5.48. The molecule has 0 bridgehead atoms. The zero-order chi connectivity index (χ0) is 13.7. The molecule has 0 saturated carbocycles. The summed E-state index contributed by atoms with van der Waals surface area (Å²) >= 11 is 6.14. The number of benzene rings is 1. The van der Waals surface area contributed by atoms with Crippen molar-refractivity contribution in [1.82, 2.24) is 5.32 Å². The van der Waals surface area contributed by atoms with Crippen LogP contribution in [0.4, 0.5) is 5.69 Å². The van der Waals surface area contributed by atoms with E-state index in [1.54, 1.807) is 25.2 Å². The summed E-state index contributed by atoms with van der Waals surface area (Å²) in [5, 5.41) is 6.61. The Labute approximate surface area is 114 Å². The third-order valence-electron chi connectivity index (χ3n) is 3.34. The quantitative estimate of drug-likeness (QED) is 0.858. The van der Waals surface area contributed by atoms with Crippen LogP contribution in [0.2, 0.25) is 5.02 Å². The van der Waals surface area contributed by atoms with Crippen molar-refractivity contribution in [2.24, 2.45) is 5.92 Å². The summed E-state index contributed by atoms with van der Waals surface area (Å²) in [6.07, 6.45) is 1.10. The van der Waals surface area contributed by atoms with Crippen molar-refractivity contribution >= 4 is 23.2 Å². The van der Waals surface area contributed by atoms with Crippen LogP contribution in [0, 0.1) is 5.92 Å². The SMILES string of the molecule is CCC(C)C(C)Nc1cc(C(=O)NC)ccc1Cl. The number of carbonyl (C=O) groups is 1. The molecule has 18 heavy (non-hydrogen) atoms. The van der Waals surface area contributed by atoms with E-state index in [4.69, 9.17) is 11.6 Å². The third-order valence-corrected chi connectivity index (χ3v) is 3.67. The first-order chi connectivity index (χ1) is 8.49. The first-order valence-electron chi connectivity index (χ1n) is 6.27. The molecule has 0 aliphatic rings. The van der Waals surface area contributed by atoms with Gasteiger partial charge in [0.05, 0.1) is 10.7 Å². The van der Waals surface area contributed by atoms with Gasteiger partial charge in [-0.15, -0.1) is 0 Å². The van der Waals surface area contributed by atoms with Gasteiger partial charge < -0.3 is 10.6 Å². The summed E-state index contributed by atoms with van der Waals surface area (Å²) in [4.78, 5) is 11.6. The molecule has 0 aliphatic heterocycles. The minimum Gasteiger partial charge on any atom is -0.381 e. The van der Waals surface area contributed by atoms with Crippen molar-refractivity contribution in [3.05, 3.63) is 28.8 Å². The van der Waals surface area contributed by atoms with Crippen molar-refractivity contribution in [3.8, 4) is 0 Å². The Morgan fingerprint density at radius 3 is 2.61 bits per heavy atom. The summed E-state index contributed by atoms with van der Waals surface area (Å²) in [6.45, 7) is 6.47. The molecule has 1 rings (SSSR count). The highest BCUT2D eigenvalue weighted by Gasteiger charge is 2.13. The molecule has 0 heterocycles. The van der Waals surface area contributed by atoms with Crippen LogP contribution in [0.25, 0.3) is 0 Å². The molecule has 1 aromatic rings. The third kappa shape index (κ3) is 3.64. The minimum absolute atomic E-state index is 0.106. The molecule has 4 heteroatoms. The van der Waals surface area contributed by atoms with Gasteiger partial charge in [-0.1, -0.05) is 31.9 Å². The second-order valence-electron chi connectivity index (χ2n) is 4.59. The van der Waals surface area contributed by atoms with Gasteiger partial charge in [-0.3, -0.25) is 4.79 Å². The second kappa shape index (κ2) is 6.64. The smallest absolute Gasteiger partial charge is 0.251 e. The van der Waals surface area contributed by atoms with Gasteiger partial charge in [-0.2, -0.15) is 0 Å². The normalized spacial score (nSPS) is 13.8. The summed E-state index contributed by atoms with van der Waals surface area (Å²) in [7, 11) is 1.62. The van der Waals surface area contributed by atoms with E-state index in [1.807, 2.05) is 0 Å². The van der Waals surface area contributed by atoms with Crippen molar-refractivity contribution < 1.29 is 4.79 Å². The molecule has 0 spiro atoms. The average molecular weight is 269 g/mol. The van der Waals surface area contributed by atoms with E-state index in [0.717, 1.165) is 12.1 Å². The first-order valence-corrected chi connectivity index (χ1v) is 6.65. The van der Waals surface area contributed by atoms with Crippen molar-refractivity contribution in [3.63, 3.8) is 0 Å². The molecule has 0 aromatic heterocycles. The molecule has 3 nitrogen and oxygen atoms in total. The van der Waals surface area contributed by atoms with Crippen molar-refractivity contribution in [2.45, 2.75) is 33.2 Å². The van der Waals surface area contributed by atoms with E-state index >= 15 is 0 Å². The number of halogens is 1. The highest BCUT2D eigenvalue weighted by atomic mass is 35.5. The number of hydrogen-bond donors (Lipinski definition) is 2. The summed E-state index contributed by atoms with van der Waals surface area (Å²) in [5.74, 6) is 0.440. The molecule has 2 N–H and O–H groups in total. The Morgan fingerprint density at radius 1 is 1.39 bits per heavy atom. The van der Waals surface area contributed by atoms with Crippen LogP contribution in [-0.4, -0.2) is 19.0 Å². The zero-order valence-electron chi connectivity index (χ0n) is 11.4. The summed E-state index contributed by atoms with van der Waals surface area (Å²) in [5.41, 5.74) is 1.42. The van der Waals surface area contributed by atoms with Crippen molar-refractivity contribution in [2.75, 3.05) is 12.4 Å². The molecule has 2 unspecified atom stereocenters. The Morgan fingerprint density at radius 2 is 2.06 bits per heavy atom. The number of amides is 1. The van der Waals surface area contributed by atoms with Crippen LogP contribution in [0.3, 0.4) is 0 Å². The van der Waals surface area contributed by atoms with Gasteiger partial charge in [0.1, 0.15) is 0 Å². The predicted molar refractivity (Wildman–Crippen MR) is 77.4 cm³/mol. The lowest BCUT2D eigenvalue weighted by molar-refractivity contribution is 0.0963. The van der Waals surface area contributed by atoms with E-state index in [0.29, 0.717) is 22.5 Å². The van der Waals surface area contributed by atoms with E-state index in [2.05, 4.69) is 31.4 Å². The van der Waals surface area contributed by atoms with Crippen LogP contribution in [0.1, 0.15) is 37.6 Å². The van der Waals surface area contributed by atoms with Crippen LogP contribution >= 0.6 is 11.6 Å². The number of rotatable bonds is 5. The maximum Gasteiger partial charge on any atom is 0.251 e. The average Bonchev–Trinajstić information content (AvgIpc) is 2.39. The predicted octanol–water partition coefficient (Wildman–Crippen LogP) is 3.55. The lowest BCUT2D eigenvalue weighted by Gasteiger charge is -2.22. The Balaban J connectivity index is 2.91. The molecular formula is C14H21ClN2O. The van der Waals surface area contributed by atoms with Gasteiger partial charge in [-0.05, 0) is 31.0 Å². The van der Waals surface area contributed by atoms with E-state index in [9.17, 15) is 4.79 Å². The van der Waals surface area contributed by atoms with Gasteiger partial charge in [0.25, 0.3) is 5.91 Å². The fraction of sp³-hybridized carbons (Fsp3) is 0.500. The van der Waals surface area contributed by atoms with E-state index in [1.165, 1.54) is 0 Å². The first kappa shape index (κ1) is 14.8. The molecular weight excluding hydrogens is 248 g/mol. The molecule has 0 aliphatic carbocycles.